The molecule has 0 aliphatic carbocycles. The number of methoxy groups -OCH3 is 2. The highest BCUT2D eigenvalue weighted by Crippen LogP contribution is 2.33. The molecule has 5 nitrogen and oxygen atoms in total. The lowest BCUT2D eigenvalue weighted by molar-refractivity contribution is -0.147. The molecule has 2 N–H and O–H groups in total. The maximum atomic E-state index is 10.7. The molecule has 5 heteroatoms. The first-order chi connectivity index (χ1) is 7.51. The molecule has 0 bridgehead atoms. The number of ether oxygens (including phenoxy) is 2. The molecule has 0 spiro atoms. The van der Waals surface area contributed by atoms with Gasteiger partial charge in [0.2, 0.25) is 0 Å². The van der Waals surface area contributed by atoms with E-state index in [4.69, 9.17) is 14.6 Å². The zero-order chi connectivity index (χ0) is 12.3. The van der Waals surface area contributed by atoms with Gasteiger partial charge in [0, 0.05) is 5.56 Å². The van der Waals surface area contributed by atoms with Crippen molar-refractivity contribution in [3.63, 3.8) is 0 Å². The van der Waals surface area contributed by atoms with Gasteiger partial charge in [-0.3, -0.25) is 0 Å². The molecule has 1 aromatic rings. The molecule has 88 valence electrons. The third-order valence-electron chi connectivity index (χ3n) is 2.25. The van der Waals surface area contributed by atoms with Crippen LogP contribution in [0.25, 0.3) is 0 Å². The number of carboxylic acids is 1. The molecule has 0 aromatic heterocycles. The second-order valence-electron chi connectivity index (χ2n) is 3.31. The van der Waals surface area contributed by atoms with E-state index in [2.05, 4.69) is 0 Å². The van der Waals surface area contributed by atoms with Crippen LogP contribution in [0.2, 0.25) is 0 Å². The van der Waals surface area contributed by atoms with Gasteiger partial charge >= 0.3 is 5.97 Å². The summed E-state index contributed by atoms with van der Waals surface area (Å²) < 4.78 is 10.1. The van der Waals surface area contributed by atoms with Crippen LogP contribution in [0.3, 0.4) is 0 Å². The SMILES string of the molecule is COc1cc(C)c(OC)c(C(O)C(=O)O)c1. The lowest BCUT2D eigenvalue weighted by Crippen LogP contribution is -2.12. The van der Waals surface area contributed by atoms with Crippen LogP contribution in [0.15, 0.2) is 12.1 Å². The van der Waals surface area contributed by atoms with Crippen molar-refractivity contribution in [3.8, 4) is 11.5 Å². The summed E-state index contributed by atoms with van der Waals surface area (Å²) >= 11 is 0. The van der Waals surface area contributed by atoms with Gasteiger partial charge in [0.1, 0.15) is 11.5 Å². The Morgan fingerprint density at radius 3 is 2.38 bits per heavy atom. The van der Waals surface area contributed by atoms with Gasteiger partial charge in [-0.05, 0) is 24.6 Å². The molecule has 0 radical (unpaired) electrons. The van der Waals surface area contributed by atoms with Crippen molar-refractivity contribution in [2.45, 2.75) is 13.0 Å². The molecule has 1 rings (SSSR count). The number of hydrogen-bond acceptors (Lipinski definition) is 4. The summed E-state index contributed by atoms with van der Waals surface area (Å²) in [6, 6.07) is 3.15. The summed E-state index contributed by atoms with van der Waals surface area (Å²) in [6.07, 6.45) is -1.62. The number of carboxylic acid groups (broad SMARTS) is 1. The minimum absolute atomic E-state index is 0.187. The molecule has 0 fully saturated rings. The average Bonchev–Trinajstić information content (AvgIpc) is 2.26. The number of aliphatic hydroxyl groups excluding tert-OH is 1. The Morgan fingerprint density at radius 1 is 1.31 bits per heavy atom. The number of aliphatic hydroxyl groups is 1. The molecule has 16 heavy (non-hydrogen) atoms. The number of hydrogen-bond donors (Lipinski definition) is 2. The van der Waals surface area contributed by atoms with Crippen molar-refractivity contribution in [3.05, 3.63) is 23.3 Å². The van der Waals surface area contributed by atoms with Crippen molar-refractivity contribution < 1.29 is 24.5 Å². The Labute approximate surface area is 93.2 Å². The van der Waals surface area contributed by atoms with Crippen LogP contribution in [0.5, 0.6) is 11.5 Å². The topological polar surface area (TPSA) is 76.0 Å². The summed E-state index contributed by atoms with van der Waals surface area (Å²) in [5.74, 6) is -0.491. The fourth-order valence-corrected chi connectivity index (χ4v) is 1.50. The smallest absolute Gasteiger partial charge is 0.337 e. The molecule has 1 atom stereocenters. The summed E-state index contributed by atoms with van der Waals surface area (Å²) in [4.78, 5) is 10.7. The second-order valence-corrected chi connectivity index (χ2v) is 3.31. The van der Waals surface area contributed by atoms with Crippen LogP contribution in [0.4, 0.5) is 0 Å². The molecule has 0 amide bonds. The fourth-order valence-electron chi connectivity index (χ4n) is 1.50. The lowest BCUT2D eigenvalue weighted by atomic mass is 10.0. The number of aliphatic carboxylic acids is 1. The fraction of sp³-hybridized carbons (Fsp3) is 0.364. The van der Waals surface area contributed by atoms with Crippen molar-refractivity contribution in [1.82, 2.24) is 0 Å². The van der Waals surface area contributed by atoms with E-state index in [-0.39, 0.29) is 5.56 Å². The van der Waals surface area contributed by atoms with Gasteiger partial charge in [-0.25, -0.2) is 4.79 Å². The van der Waals surface area contributed by atoms with Crippen LogP contribution >= 0.6 is 0 Å². The normalized spacial score (nSPS) is 12.0. The van der Waals surface area contributed by atoms with Crippen LogP contribution in [-0.4, -0.2) is 30.4 Å². The van der Waals surface area contributed by atoms with E-state index in [0.717, 1.165) is 0 Å². The first kappa shape index (κ1) is 12.3. The Balaban J connectivity index is 3.33. The standard InChI is InChI=1S/C11H14O5/c1-6-4-7(15-2)5-8(10(6)16-3)9(12)11(13)14/h4-5,9,12H,1-3H3,(H,13,14). The van der Waals surface area contributed by atoms with Gasteiger partial charge in [0.15, 0.2) is 6.10 Å². The number of rotatable bonds is 4. The highest BCUT2D eigenvalue weighted by molar-refractivity contribution is 5.76. The zero-order valence-corrected chi connectivity index (χ0v) is 9.35. The quantitative estimate of drug-likeness (QED) is 0.804. The van der Waals surface area contributed by atoms with Crippen LogP contribution in [0.1, 0.15) is 17.2 Å². The monoisotopic (exact) mass is 226 g/mol. The Morgan fingerprint density at radius 2 is 1.94 bits per heavy atom. The molecule has 0 aliphatic heterocycles. The summed E-state index contributed by atoms with van der Waals surface area (Å²) in [5.41, 5.74) is 0.893. The first-order valence-electron chi connectivity index (χ1n) is 4.64. The molecule has 0 saturated heterocycles. The Kier molecular flexibility index (Phi) is 3.73. The van der Waals surface area contributed by atoms with Crippen LogP contribution in [0, 0.1) is 6.92 Å². The third-order valence-corrected chi connectivity index (χ3v) is 2.25. The van der Waals surface area contributed by atoms with Gasteiger partial charge in [-0.2, -0.15) is 0 Å². The number of benzene rings is 1. The Hall–Kier alpha value is -1.75. The van der Waals surface area contributed by atoms with E-state index in [9.17, 15) is 9.90 Å². The third kappa shape index (κ3) is 2.25. The number of carbonyl (C=O) groups is 1. The van der Waals surface area contributed by atoms with Gasteiger partial charge < -0.3 is 19.7 Å². The number of aryl methyl sites for hydroxylation is 1. The van der Waals surface area contributed by atoms with Crippen LogP contribution in [-0.2, 0) is 4.79 Å². The van der Waals surface area contributed by atoms with Crippen LogP contribution < -0.4 is 9.47 Å². The van der Waals surface area contributed by atoms with Crippen molar-refractivity contribution in [2.75, 3.05) is 14.2 Å². The molecule has 1 aromatic carbocycles. The molecule has 0 heterocycles. The average molecular weight is 226 g/mol. The zero-order valence-electron chi connectivity index (χ0n) is 9.35. The second kappa shape index (κ2) is 4.85. The molecule has 0 aliphatic rings. The first-order valence-corrected chi connectivity index (χ1v) is 4.64. The molecular formula is C11H14O5. The minimum atomic E-state index is -1.62. The van der Waals surface area contributed by atoms with E-state index < -0.39 is 12.1 Å². The molecule has 1 unspecified atom stereocenters. The predicted molar refractivity (Wildman–Crippen MR) is 56.9 cm³/mol. The largest absolute Gasteiger partial charge is 0.497 e. The van der Waals surface area contributed by atoms with E-state index in [1.807, 2.05) is 0 Å². The summed E-state index contributed by atoms with van der Waals surface area (Å²) in [6.45, 7) is 1.75. The van der Waals surface area contributed by atoms with E-state index in [1.54, 1.807) is 13.0 Å². The maximum Gasteiger partial charge on any atom is 0.337 e. The highest BCUT2D eigenvalue weighted by Gasteiger charge is 2.22. The molecule has 0 saturated carbocycles. The van der Waals surface area contributed by atoms with Gasteiger partial charge in [-0.15, -0.1) is 0 Å². The van der Waals surface area contributed by atoms with E-state index in [0.29, 0.717) is 17.1 Å². The summed E-state index contributed by atoms with van der Waals surface area (Å²) in [5, 5.41) is 18.3. The maximum absolute atomic E-state index is 10.7. The summed E-state index contributed by atoms with van der Waals surface area (Å²) in [7, 11) is 2.89. The minimum Gasteiger partial charge on any atom is -0.497 e. The van der Waals surface area contributed by atoms with Gasteiger partial charge in [0.25, 0.3) is 0 Å². The van der Waals surface area contributed by atoms with Crippen molar-refractivity contribution >= 4 is 5.97 Å². The van der Waals surface area contributed by atoms with Crippen molar-refractivity contribution in [1.29, 1.82) is 0 Å². The van der Waals surface area contributed by atoms with Crippen molar-refractivity contribution in [2.24, 2.45) is 0 Å². The van der Waals surface area contributed by atoms with Gasteiger partial charge in [-0.1, -0.05) is 0 Å². The van der Waals surface area contributed by atoms with E-state index >= 15 is 0 Å². The van der Waals surface area contributed by atoms with Gasteiger partial charge in [0.05, 0.1) is 14.2 Å². The lowest BCUT2D eigenvalue weighted by Gasteiger charge is -2.15. The van der Waals surface area contributed by atoms with E-state index in [1.165, 1.54) is 20.3 Å². The predicted octanol–water partition coefficient (Wildman–Crippen LogP) is 1.13. The molecular weight excluding hydrogens is 212 g/mol. The Bertz CT molecular complexity index is 400. The highest BCUT2D eigenvalue weighted by atomic mass is 16.5.